The number of aryl methyl sites for hydroxylation is 1. The summed E-state index contributed by atoms with van der Waals surface area (Å²) in [5.74, 6) is 0.205. The summed E-state index contributed by atoms with van der Waals surface area (Å²) in [6.07, 6.45) is 2.56. The number of hydrogen-bond acceptors (Lipinski definition) is 5. The third kappa shape index (κ3) is 4.11. The lowest BCUT2D eigenvalue weighted by Crippen LogP contribution is -2.31. The third-order valence-electron chi connectivity index (χ3n) is 3.80. The molecule has 1 N–H and O–H groups in total. The van der Waals surface area contributed by atoms with E-state index in [1.54, 1.807) is 12.1 Å². The number of pyridine rings is 1. The molecule has 2 rings (SSSR count). The van der Waals surface area contributed by atoms with Crippen molar-refractivity contribution in [3.05, 3.63) is 47.7 Å². The van der Waals surface area contributed by atoms with E-state index >= 15 is 0 Å². The number of nitrogens with zero attached hydrogens (tertiary/aromatic N) is 1. The SMILES string of the molecule is Cc1cccc(Oc2ncccc2NC(=O)[C@@H](C)S(C)(=O)=O)c1C. The number of hydrogen-bond donors (Lipinski definition) is 1. The van der Waals surface area contributed by atoms with Gasteiger partial charge in [-0.1, -0.05) is 12.1 Å². The Labute approximate surface area is 141 Å². The fourth-order valence-corrected chi connectivity index (χ4v) is 2.38. The molecule has 128 valence electrons. The number of aromatic nitrogens is 1. The number of rotatable bonds is 5. The second-order valence-corrected chi connectivity index (χ2v) is 7.98. The predicted octanol–water partition coefficient (Wildman–Crippen LogP) is 2.86. The second kappa shape index (κ2) is 7.00. The van der Waals surface area contributed by atoms with E-state index in [2.05, 4.69) is 10.3 Å². The number of amides is 1. The molecule has 2 aromatic rings. The number of benzene rings is 1. The standard InChI is InChI=1S/C17H20N2O4S/c1-11-7-5-9-15(12(11)2)23-17-14(8-6-10-18-17)19-16(20)13(3)24(4,21)22/h5-10,13H,1-4H3,(H,19,20)/t13-/m1/s1. The van der Waals surface area contributed by atoms with Crippen LogP contribution >= 0.6 is 0 Å². The molecular weight excluding hydrogens is 328 g/mol. The maximum atomic E-state index is 12.1. The highest BCUT2D eigenvalue weighted by Crippen LogP contribution is 2.30. The normalized spacial score (nSPS) is 12.5. The van der Waals surface area contributed by atoms with E-state index in [-0.39, 0.29) is 5.88 Å². The zero-order valence-corrected chi connectivity index (χ0v) is 14.8. The van der Waals surface area contributed by atoms with E-state index in [1.807, 2.05) is 32.0 Å². The summed E-state index contributed by atoms with van der Waals surface area (Å²) in [6, 6.07) is 8.89. The molecule has 1 aromatic heterocycles. The Bertz CT molecular complexity index is 863. The van der Waals surface area contributed by atoms with Crippen LogP contribution in [0.25, 0.3) is 0 Å². The van der Waals surface area contributed by atoms with Crippen LogP contribution in [0.15, 0.2) is 36.5 Å². The molecule has 0 aliphatic rings. The fourth-order valence-electron chi connectivity index (χ4n) is 1.93. The molecule has 0 aliphatic carbocycles. The molecule has 7 heteroatoms. The molecule has 0 bridgehead atoms. The van der Waals surface area contributed by atoms with Gasteiger partial charge in [-0.15, -0.1) is 0 Å². The number of nitrogens with one attached hydrogen (secondary N) is 1. The molecule has 0 saturated carbocycles. The van der Waals surface area contributed by atoms with Gasteiger partial charge in [0.15, 0.2) is 9.84 Å². The van der Waals surface area contributed by atoms with Gasteiger partial charge in [-0.2, -0.15) is 0 Å². The van der Waals surface area contributed by atoms with Gasteiger partial charge in [-0.25, -0.2) is 13.4 Å². The Morgan fingerprint density at radius 1 is 1.21 bits per heavy atom. The van der Waals surface area contributed by atoms with Gasteiger partial charge in [-0.3, -0.25) is 4.79 Å². The highest BCUT2D eigenvalue weighted by molar-refractivity contribution is 7.92. The number of anilines is 1. The minimum Gasteiger partial charge on any atom is -0.437 e. The molecule has 0 unspecified atom stereocenters. The quantitative estimate of drug-likeness (QED) is 0.898. The molecule has 0 spiro atoms. The van der Waals surface area contributed by atoms with Gasteiger partial charge in [0, 0.05) is 12.5 Å². The van der Waals surface area contributed by atoms with Crippen LogP contribution in [-0.4, -0.2) is 30.8 Å². The molecule has 1 heterocycles. The summed E-state index contributed by atoms with van der Waals surface area (Å²) in [5.41, 5.74) is 2.35. The summed E-state index contributed by atoms with van der Waals surface area (Å²) >= 11 is 0. The molecule has 1 aromatic carbocycles. The smallest absolute Gasteiger partial charge is 0.243 e. The van der Waals surface area contributed by atoms with Crippen molar-refractivity contribution in [1.82, 2.24) is 4.98 Å². The first-order valence-corrected chi connectivity index (χ1v) is 9.34. The summed E-state index contributed by atoms with van der Waals surface area (Å²) in [7, 11) is -3.48. The molecular formula is C17H20N2O4S. The minimum atomic E-state index is -3.48. The summed E-state index contributed by atoms with van der Waals surface area (Å²) in [4.78, 5) is 16.2. The molecule has 0 aliphatic heterocycles. The van der Waals surface area contributed by atoms with Crippen LogP contribution in [0.2, 0.25) is 0 Å². The minimum absolute atomic E-state index is 0.209. The summed E-state index contributed by atoms with van der Waals surface area (Å²) < 4.78 is 28.8. The van der Waals surface area contributed by atoms with Crippen molar-refractivity contribution < 1.29 is 17.9 Å². The van der Waals surface area contributed by atoms with Crippen LogP contribution in [-0.2, 0) is 14.6 Å². The third-order valence-corrected chi connectivity index (χ3v) is 5.30. The van der Waals surface area contributed by atoms with Gasteiger partial charge < -0.3 is 10.1 Å². The second-order valence-electron chi connectivity index (χ2n) is 5.62. The van der Waals surface area contributed by atoms with Crippen molar-refractivity contribution in [2.75, 3.05) is 11.6 Å². The van der Waals surface area contributed by atoms with Gasteiger partial charge in [0.1, 0.15) is 16.7 Å². The molecule has 0 radical (unpaired) electrons. The first-order valence-electron chi connectivity index (χ1n) is 7.39. The van der Waals surface area contributed by atoms with E-state index in [1.165, 1.54) is 13.1 Å². The Kier molecular flexibility index (Phi) is 5.23. The topological polar surface area (TPSA) is 85.4 Å². The fraction of sp³-hybridized carbons (Fsp3) is 0.294. The van der Waals surface area contributed by atoms with E-state index in [0.29, 0.717) is 11.4 Å². The van der Waals surface area contributed by atoms with E-state index < -0.39 is 21.0 Å². The number of ether oxygens (including phenoxy) is 1. The van der Waals surface area contributed by atoms with Crippen molar-refractivity contribution in [3.8, 4) is 11.6 Å². The van der Waals surface area contributed by atoms with Crippen LogP contribution in [0.4, 0.5) is 5.69 Å². The van der Waals surface area contributed by atoms with Crippen LogP contribution in [0.1, 0.15) is 18.1 Å². The molecule has 0 fully saturated rings. The van der Waals surface area contributed by atoms with Gasteiger partial charge in [0.05, 0.1) is 0 Å². The first-order chi connectivity index (χ1) is 11.2. The van der Waals surface area contributed by atoms with Crippen LogP contribution < -0.4 is 10.1 Å². The molecule has 1 atom stereocenters. The van der Waals surface area contributed by atoms with Crippen molar-refractivity contribution >= 4 is 21.4 Å². The molecule has 6 nitrogen and oxygen atoms in total. The number of carbonyl (C=O) groups is 1. The van der Waals surface area contributed by atoms with Gasteiger partial charge in [-0.05, 0) is 50.1 Å². The largest absolute Gasteiger partial charge is 0.437 e. The Hall–Kier alpha value is -2.41. The maximum absolute atomic E-state index is 12.1. The molecule has 0 saturated heterocycles. The van der Waals surface area contributed by atoms with Gasteiger partial charge in [0.2, 0.25) is 11.8 Å². The number of carbonyl (C=O) groups excluding carboxylic acids is 1. The monoisotopic (exact) mass is 348 g/mol. The predicted molar refractivity (Wildman–Crippen MR) is 93.2 cm³/mol. The Balaban J connectivity index is 2.28. The van der Waals surface area contributed by atoms with Crippen molar-refractivity contribution in [3.63, 3.8) is 0 Å². The van der Waals surface area contributed by atoms with Gasteiger partial charge in [0.25, 0.3) is 0 Å². The zero-order valence-electron chi connectivity index (χ0n) is 14.0. The Morgan fingerprint density at radius 3 is 2.58 bits per heavy atom. The number of sulfone groups is 1. The lowest BCUT2D eigenvalue weighted by Gasteiger charge is -2.15. The van der Waals surface area contributed by atoms with E-state index in [0.717, 1.165) is 17.4 Å². The summed E-state index contributed by atoms with van der Waals surface area (Å²) in [6.45, 7) is 5.24. The van der Waals surface area contributed by atoms with Crippen molar-refractivity contribution in [1.29, 1.82) is 0 Å². The highest BCUT2D eigenvalue weighted by Gasteiger charge is 2.24. The lowest BCUT2D eigenvalue weighted by molar-refractivity contribution is -0.115. The van der Waals surface area contributed by atoms with Crippen LogP contribution in [0.5, 0.6) is 11.6 Å². The first kappa shape index (κ1) is 17.9. The highest BCUT2D eigenvalue weighted by atomic mass is 32.2. The van der Waals surface area contributed by atoms with Crippen molar-refractivity contribution in [2.45, 2.75) is 26.0 Å². The van der Waals surface area contributed by atoms with E-state index in [4.69, 9.17) is 4.74 Å². The zero-order chi connectivity index (χ0) is 17.9. The average Bonchev–Trinajstić information content (AvgIpc) is 2.52. The van der Waals surface area contributed by atoms with Crippen molar-refractivity contribution in [2.24, 2.45) is 0 Å². The summed E-state index contributed by atoms with van der Waals surface area (Å²) in [5, 5.41) is 1.40. The van der Waals surface area contributed by atoms with Gasteiger partial charge >= 0.3 is 0 Å². The van der Waals surface area contributed by atoms with Crippen LogP contribution in [0, 0.1) is 13.8 Å². The van der Waals surface area contributed by atoms with Crippen LogP contribution in [0.3, 0.4) is 0 Å². The average molecular weight is 348 g/mol. The lowest BCUT2D eigenvalue weighted by atomic mass is 10.1. The molecule has 1 amide bonds. The van der Waals surface area contributed by atoms with E-state index in [9.17, 15) is 13.2 Å². The maximum Gasteiger partial charge on any atom is 0.243 e. The molecule has 24 heavy (non-hydrogen) atoms. The Morgan fingerprint density at radius 2 is 1.92 bits per heavy atom.